The molecule has 0 aromatic rings. The van der Waals surface area contributed by atoms with Crippen LogP contribution in [0.15, 0.2) is 0 Å². The van der Waals surface area contributed by atoms with Crippen LogP contribution in [0.25, 0.3) is 0 Å². The Morgan fingerprint density at radius 2 is 0.640 bits per heavy atom. The minimum atomic E-state index is -0.842. The van der Waals surface area contributed by atoms with Crippen LogP contribution in [-0.4, -0.2) is 214 Å². The zero-order valence-corrected chi connectivity index (χ0v) is 42.8. The highest BCUT2D eigenvalue weighted by molar-refractivity contribution is 5.95. The molecule has 0 aliphatic carbocycles. The molecule has 29 nitrogen and oxygen atoms in total. The third-order valence-electron chi connectivity index (χ3n) is 10.5. The van der Waals surface area contributed by atoms with Crippen molar-refractivity contribution in [3.63, 3.8) is 0 Å². The van der Waals surface area contributed by atoms with E-state index in [-0.39, 0.29) is 89.6 Å². The standard InChI is InChI=1S/C46H74N12O17/c1-3-4-7-31(59)21-50-37(65)13-10-34(62)27-56(43(71)24-53-40(68)18-47)16-5-8-32(60)22-51-38(66)14-11-35(63)28-57(44(72)25-54-41(69)19-48)17-6-9-33(61)23-52-39(67)15-12-36(64)29-58(30-46(74)75-2)45(73)26-55-42(70)20-49/h3-30,47-49H2,1-2H3,(H,50,65)(H,51,66)(H,52,67)(H,53,68)(H,54,69)(H,55,70). The van der Waals surface area contributed by atoms with E-state index >= 15 is 0 Å². The molecule has 0 aliphatic rings. The summed E-state index contributed by atoms with van der Waals surface area (Å²) in [7, 11) is 1.07. The maximum atomic E-state index is 13.0. The number of hydrogen-bond acceptors (Lipinski definition) is 20. The third kappa shape index (κ3) is 34.6. The van der Waals surface area contributed by atoms with Gasteiger partial charge in [-0.15, -0.1) is 0 Å². The summed E-state index contributed by atoms with van der Waals surface area (Å²) in [6.07, 6.45) is -0.460. The average Bonchev–Trinajstić information content (AvgIpc) is 3.39. The SMILES string of the molecule is CCCCC(=O)CNC(=O)CCC(=O)CN(CCCC(=O)CNC(=O)CCC(=O)CN(CCCC(=O)CNC(=O)CCC(=O)CN(CC(=O)OC)C(=O)CNC(=O)CN)C(=O)CNC(=O)CN)C(=O)CNC(=O)CN. The van der Waals surface area contributed by atoms with Gasteiger partial charge < -0.3 is 68.5 Å². The van der Waals surface area contributed by atoms with Crippen LogP contribution in [0.1, 0.15) is 90.4 Å². The van der Waals surface area contributed by atoms with Crippen molar-refractivity contribution in [3.8, 4) is 0 Å². The van der Waals surface area contributed by atoms with Crippen LogP contribution in [-0.2, 0) is 81.4 Å². The van der Waals surface area contributed by atoms with Gasteiger partial charge in [0.15, 0.2) is 34.7 Å². The van der Waals surface area contributed by atoms with E-state index in [9.17, 15) is 76.7 Å². The van der Waals surface area contributed by atoms with Crippen molar-refractivity contribution >= 4 is 93.8 Å². The van der Waals surface area contributed by atoms with Crippen molar-refractivity contribution in [2.45, 2.75) is 90.4 Å². The second-order valence-corrected chi connectivity index (χ2v) is 16.8. The Morgan fingerprint density at radius 1 is 0.347 bits per heavy atom. The molecule has 9 amide bonds. The van der Waals surface area contributed by atoms with Gasteiger partial charge in [-0.1, -0.05) is 13.3 Å². The molecular weight excluding hydrogens is 993 g/mol. The molecular formula is C46H74N12O17. The van der Waals surface area contributed by atoms with Crippen LogP contribution in [0.2, 0.25) is 0 Å². The summed E-state index contributed by atoms with van der Waals surface area (Å²) in [6, 6.07) is 0. The van der Waals surface area contributed by atoms with Crippen LogP contribution in [0.3, 0.4) is 0 Å². The lowest BCUT2D eigenvalue weighted by Crippen LogP contribution is -2.46. The maximum absolute atomic E-state index is 13.0. The fraction of sp³-hybridized carbons (Fsp3) is 0.652. The molecule has 0 aliphatic heterocycles. The number of hydrogen-bond donors (Lipinski definition) is 9. The van der Waals surface area contributed by atoms with Crippen LogP contribution < -0.4 is 49.1 Å². The van der Waals surface area contributed by atoms with E-state index < -0.39 is 167 Å². The van der Waals surface area contributed by atoms with E-state index in [1.54, 1.807) is 0 Å². The highest BCUT2D eigenvalue weighted by Crippen LogP contribution is 2.05. The Kier molecular flexibility index (Phi) is 36.1. The van der Waals surface area contributed by atoms with E-state index in [4.69, 9.17) is 17.2 Å². The summed E-state index contributed by atoms with van der Waals surface area (Å²) in [5.74, 6) is -9.62. The minimum absolute atomic E-state index is 0.00456. The number of carbonyl (C=O) groups excluding carboxylic acids is 16. The molecule has 0 unspecified atom stereocenters. The second kappa shape index (κ2) is 40.0. The number of carbonyl (C=O) groups is 16. The van der Waals surface area contributed by atoms with Crippen molar-refractivity contribution in [2.75, 3.05) is 105 Å². The van der Waals surface area contributed by atoms with Gasteiger partial charge in [0.2, 0.25) is 53.2 Å². The molecule has 0 bridgehead atoms. The van der Waals surface area contributed by atoms with E-state index in [2.05, 4.69) is 36.6 Å². The number of nitrogens with one attached hydrogen (secondary N) is 6. The fourth-order valence-electron chi connectivity index (χ4n) is 6.18. The Bertz CT molecular complexity index is 2030. The summed E-state index contributed by atoms with van der Waals surface area (Å²) >= 11 is 0. The van der Waals surface area contributed by atoms with Gasteiger partial charge in [-0.3, -0.25) is 76.7 Å². The fourth-order valence-corrected chi connectivity index (χ4v) is 6.18. The lowest BCUT2D eigenvalue weighted by atomic mass is 10.1. The largest absolute Gasteiger partial charge is 0.468 e. The molecule has 29 heteroatoms. The van der Waals surface area contributed by atoms with Gasteiger partial charge in [0.1, 0.15) is 6.54 Å². The number of amides is 9. The second-order valence-electron chi connectivity index (χ2n) is 16.8. The summed E-state index contributed by atoms with van der Waals surface area (Å²) in [5, 5.41) is 14.0. The third-order valence-corrected chi connectivity index (χ3v) is 10.5. The van der Waals surface area contributed by atoms with Crippen LogP contribution in [0, 0.1) is 0 Å². The van der Waals surface area contributed by atoms with Gasteiger partial charge in [-0.25, -0.2) is 0 Å². The van der Waals surface area contributed by atoms with Crippen molar-refractivity contribution in [2.24, 2.45) is 17.2 Å². The van der Waals surface area contributed by atoms with Gasteiger partial charge in [-0.2, -0.15) is 0 Å². The molecule has 0 saturated carbocycles. The maximum Gasteiger partial charge on any atom is 0.325 e. The van der Waals surface area contributed by atoms with Gasteiger partial charge >= 0.3 is 5.97 Å². The van der Waals surface area contributed by atoms with Crippen LogP contribution in [0.5, 0.6) is 0 Å². The molecule has 0 radical (unpaired) electrons. The lowest BCUT2D eigenvalue weighted by Gasteiger charge is -2.22. The lowest BCUT2D eigenvalue weighted by molar-refractivity contribution is -0.147. The highest BCUT2D eigenvalue weighted by Gasteiger charge is 2.24. The molecule has 0 aromatic carbocycles. The topological polar surface area (TPSA) is 442 Å². The Morgan fingerprint density at radius 3 is 0.947 bits per heavy atom. The van der Waals surface area contributed by atoms with E-state index in [0.717, 1.165) is 28.2 Å². The predicted octanol–water partition coefficient (Wildman–Crippen LogP) is -6.28. The Hall–Kier alpha value is -7.40. The zero-order chi connectivity index (χ0) is 56.7. The molecule has 0 fully saturated rings. The zero-order valence-electron chi connectivity index (χ0n) is 42.8. The normalized spacial score (nSPS) is 10.4. The number of nitrogens with zero attached hydrogens (tertiary/aromatic N) is 3. The first-order valence-electron chi connectivity index (χ1n) is 24.3. The number of methoxy groups -OCH3 is 1. The molecule has 0 saturated heterocycles. The van der Waals surface area contributed by atoms with Crippen molar-refractivity contribution < 1.29 is 81.4 Å². The summed E-state index contributed by atoms with van der Waals surface area (Å²) in [5.41, 5.74) is 15.7. The number of nitrogens with two attached hydrogens (primary N) is 3. The van der Waals surface area contributed by atoms with Crippen molar-refractivity contribution in [1.82, 2.24) is 46.6 Å². The van der Waals surface area contributed by atoms with E-state index in [1.807, 2.05) is 6.92 Å². The van der Waals surface area contributed by atoms with Crippen molar-refractivity contribution in [1.29, 1.82) is 0 Å². The number of ketones is 6. The van der Waals surface area contributed by atoms with Gasteiger partial charge in [-0.05, 0) is 19.3 Å². The summed E-state index contributed by atoms with van der Waals surface area (Å²) in [6.45, 7) is -4.34. The van der Waals surface area contributed by atoms with Gasteiger partial charge in [0, 0.05) is 70.9 Å². The van der Waals surface area contributed by atoms with Crippen molar-refractivity contribution in [3.05, 3.63) is 0 Å². The minimum Gasteiger partial charge on any atom is -0.468 e. The van der Waals surface area contributed by atoms with Gasteiger partial charge in [0.05, 0.1) is 85.6 Å². The number of rotatable bonds is 43. The summed E-state index contributed by atoms with van der Waals surface area (Å²) < 4.78 is 4.53. The number of ether oxygens (including phenoxy) is 1. The molecule has 0 aromatic heterocycles. The van der Waals surface area contributed by atoms with E-state index in [1.165, 1.54) is 0 Å². The summed E-state index contributed by atoms with van der Waals surface area (Å²) in [4.78, 5) is 200. The predicted molar refractivity (Wildman–Crippen MR) is 263 cm³/mol. The Labute approximate surface area is 433 Å². The quantitative estimate of drug-likeness (QED) is 0.0257. The molecule has 0 spiro atoms. The molecule has 0 rings (SSSR count). The smallest absolute Gasteiger partial charge is 0.325 e. The van der Waals surface area contributed by atoms with E-state index in [0.29, 0.717) is 12.8 Å². The first-order valence-corrected chi connectivity index (χ1v) is 24.3. The first kappa shape index (κ1) is 67.6. The molecule has 0 atom stereocenters. The number of esters is 1. The molecule has 0 heterocycles. The first-order chi connectivity index (χ1) is 35.6. The van der Waals surface area contributed by atoms with Crippen LogP contribution >= 0.6 is 0 Å². The average molecular weight is 1070 g/mol. The molecule has 12 N–H and O–H groups in total. The highest BCUT2D eigenvalue weighted by atomic mass is 16.5. The molecule has 420 valence electrons. The Balaban J connectivity index is 5.12. The molecule has 75 heavy (non-hydrogen) atoms. The van der Waals surface area contributed by atoms with Crippen LogP contribution in [0.4, 0.5) is 0 Å². The number of unbranched alkanes of at least 4 members (excludes halogenated alkanes) is 1. The number of Topliss-reactive ketones (excluding diaryl/α,β-unsaturated/α-hetero) is 6. The monoisotopic (exact) mass is 1070 g/mol. The van der Waals surface area contributed by atoms with Gasteiger partial charge in [0.25, 0.3) is 0 Å².